The topological polar surface area (TPSA) is 68.7 Å². The third kappa shape index (κ3) is 4.11. The monoisotopic (exact) mass is 493 g/mol. The molecule has 1 aliphatic heterocycles. The van der Waals surface area contributed by atoms with Crippen molar-refractivity contribution in [2.24, 2.45) is 0 Å². The second-order valence-corrected chi connectivity index (χ2v) is 10.2. The number of nitrogens with zero attached hydrogens (tertiary/aromatic N) is 1. The van der Waals surface area contributed by atoms with Gasteiger partial charge in [0.05, 0.1) is 22.7 Å². The molecule has 3 aromatic carbocycles. The standard InChI is InChI=1S/C28H25ClFNO4/c1-14-11-16-12-19(29)20(30)13-18(16)24(22(14)26(27(32)33)35-28(2,3)4)17-5-6-21-23-15(8-10-34-21)7-9-31-25(17)23/h5-7,9,11-13,26H,8,10H2,1-4H3,(H,32,33). The van der Waals surface area contributed by atoms with Crippen LogP contribution in [0.25, 0.3) is 32.8 Å². The van der Waals surface area contributed by atoms with E-state index in [4.69, 9.17) is 21.1 Å². The maximum Gasteiger partial charge on any atom is 0.337 e. The van der Waals surface area contributed by atoms with Crippen LogP contribution in [0, 0.1) is 12.7 Å². The molecule has 35 heavy (non-hydrogen) atoms. The lowest BCUT2D eigenvalue weighted by molar-refractivity contribution is -0.160. The fourth-order valence-corrected chi connectivity index (χ4v) is 5.04. The maximum atomic E-state index is 14.8. The smallest absolute Gasteiger partial charge is 0.337 e. The Balaban J connectivity index is 1.94. The third-order valence-corrected chi connectivity index (χ3v) is 6.51. The van der Waals surface area contributed by atoms with Crippen molar-refractivity contribution in [1.29, 1.82) is 0 Å². The molecule has 2 heterocycles. The molecule has 4 aromatic rings. The second kappa shape index (κ2) is 8.47. The summed E-state index contributed by atoms with van der Waals surface area (Å²) < 4.78 is 26.7. The van der Waals surface area contributed by atoms with Gasteiger partial charge in [0, 0.05) is 29.1 Å². The van der Waals surface area contributed by atoms with E-state index in [9.17, 15) is 14.3 Å². The van der Waals surface area contributed by atoms with E-state index in [1.54, 1.807) is 33.0 Å². The van der Waals surface area contributed by atoms with Crippen molar-refractivity contribution in [2.75, 3.05) is 6.61 Å². The molecule has 7 heteroatoms. The molecule has 180 valence electrons. The minimum Gasteiger partial charge on any atom is -0.493 e. The zero-order valence-electron chi connectivity index (χ0n) is 19.9. The van der Waals surface area contributed by atoms with Gasteiger partial charge < -0.3 is 14.6 Å². The molecule has 0 saturated heterocycles. The van der Waals surface area contributed by atoms with Crippen molar-refractivity contribution in [3.05, 3.63) is 70.1 Å². The quantitative estimate of drug-likeness (QED) is 0.330. The number of aliphatic carboxylic acids is 1. The summed E-state index contributed by atoms with van der Waals surface area (Å²) in [6, 6.07) is 10.4. The van der Waals surface area contributed by atoms with Crippen molar-refractivity contribution >= 4 is 39.2 Å². The van der Waals surface area contributed by atoms with Crippen LogP contribution in [0.15, 0.2) is 42.6 Å². The summed E-state index contributed by atoms with van der Waals surface area (Å²) in [4.78, 5) is 17.2. The molecule has 1 aliphatic rings. The molecule has 0 amide bonds. The van der Waals surface area contributed by atoms with Gasteiger partial charge in [0.25, 0.3) is 0 Å². The van der Waals surface area contributed by atoms with Crippen LogP contribution in [0.1, 0.15) is 43.6 Å². The molecule has 0 bridgehead atoms. The highest BCUT2D eigenvalue weighted by atomic mass is 35.5. The number of aromatic nitrogens is 1. The molecule has 5 nitrogen and oxygen atoms in total. The molecule has 1 atom stereocenters. The predicted molar refractivity (Wildman–Crippen MR) is 135 cm³/mol. The van der Waals surface area contributed by atoms with Gasteiger partial charge >= 0.3 is 5.97 Å². The first-order valence-corrected chi connectivity index (χ1v) is 11.8. The second-order valence-electron chi connectivity index (χ2n) is 9.82. The molecule has 5 rings (SSSR count). The number of benzene rings is 3. The Morgan fingerprint density at radius 1 is 1.23 bits per heavy atom. The largest absolute Gasteiger partial charge is 0.493 e. The van der Waals surface area contributed by atoms with Gasteiger partial charge in [-0.15, -0.1) is 0 Å². The maximum absolute atomic E-state index is 14.8. The molecule has 1 aromatic heterocycles. The highest BCUT2D eigenvalue weighted by molar-refractivity contribution is 6.31. The Morgan fingerprint density at radius 2 is 2.00 bits per heavy atom. The highest BCUT2D eigenvalue weighted by Gasteiger charge is 2.32. The molecule has 0 spiro atoms. The number of ether oxygens (including phenoxy) is 2. The molecular formula is C28H25ClFNO4. The summed E-state index contributed by atoms with van der Waals surface area (Å²) in [6.07, 6.45) is 1.20. The number of carboxylic acids is 1. The first-order valence-electron chi connectivity index (χ1n) is 11.4. The SMILES string of the molecule is Cc1cc2cc(Cl)c(F)cc2c(-c2ccc3c4c(ccnc24)CCO3)c1C(OC(C)(C)C)C(=O)O. The van der Waals surface area contributed by atoms with Gasteiger partial charge in [-0.3, -0.25) is 4.98 Å². The Morgan fingerprint density at radius 3 is 2.71 bits per heavy atom. The van der Waals surface area contributed by atoms with E-state index < -0.39 is 23.5 Å². The number of hydrogen-bond donors (Lipinski definition) is 1. The van der Waals surface area contributed by atoms with Crippen LogP contribution < -0.4 is 4.74 Å². The number of carboxylic acid groups (broad SMARTS) is 1. The lowest BCUT2D eigenvalue weighted by Gasteiger charge is -2.29. The van der Waals surface area contributed by atoms with Crippen LogP contribution in [-0.2, 0) is 16.0 Å². The molecule has 0 aliphatic carbocycles. The van der Waals surface area contributed by atoms with Crippen molar-refractivity contribution in [2.45, 2.75) is 45.8 Å². The Bertz CT molecular complexity index is 1500. The number of halogens is 2. The third-order valence-electron chi connectivity index (χ3n) is 6.22. The number of carbonyl (C=O) groups is 1. The number of rotatable bonds is 4. The first kappa shape index (κ1) is 23.5. The van der Waals surface area contributed by atoms with Crippen LogP contribution in [0.2, 0.25) is 5.02 Å². The number of fused-ring (bicyclic) bond motifs is 1. The van der Waals surface area contributed by atoms with E-state index in [2.05, 4.69) is 4.98 Å². The van der Waals surface area contributed by atoms with Crippen LogP contribution in [-0.4, -0.2) is 28.3 Å². The van der Waals surface area contributed by atoms with Crippen molar-refractivity contribution < 1.29 is 23.8 Å². The van der Waals surface area contributed by atoms with Crippen molar-refractivity contribution in [3.63, 3.8) is 0 Å². The highest BCUT2D eigenvalue weighted by Crippen LogP contribution is 2.45. The average Bonchev–Trinajstić information content (AvgIpc) is 2.78. The van der Waals surface area contributed by atoms with Gasteiger partial charge in [-0.25, -0.2) is 9.18 Å². The van der Waals surface area contributed by atoms with Crippen LogP contribution in [0.5, 0.6) is 5.75 Å². The Kier molecular flexibility index (Phi) is 5.69. The van der Waals surface area contributed by atoms with Gasteiger partial charge in [-0.05, 0) is 85.5 Å². The lowest BCUT2D eigenvalue weighted by Crippen LogP contribution is -2.28. The molecule has 1 N–H and O–H groups in total. The molecule has 0 fully saturated rings. The minimum atomic E-state index is -1.28. The van der Waals surface area contributed by atoms with E-state index in [0.717, 1.165) is 23.1 Å². The van der Waals surface area contributed by atoms with E-state index >= 15 is 0 Å². The summed E-state index contributed by atoms with van der Waals surface area (Å²) >= 11 is 6.12. The van der Waals surface area contributed by atoms with E-state index in [1.165, 1.54) is 6.07 Å². The van der Waals surface area contributed by atoms with Crippen LogP contribution in [0.3, 0.4) is 0 Å². The van der Waals surface area contributed by atoms with Gasteiger partial charge in [-0.1, -0.05) is 17.7 Å². The normalized spacial score (nSPS) is 14.2. The molecule has 0 saturated carbocycles. The lowest BCUT2D eigenvalue weighted by atomic mass is 9.85. The van der Waals surface area contributed by atoms with E-state index in [-0.39, 0.29) is 5.02 Å². The zero-order valence-corrected chi connectivity index (χ0v) is 20.7. The Hall–Kier alpha value is -3.22. The predicted octanol–water partition coefficient (Wildman–Crippen LogP) is 7.03. The van der Waals surface area contributed by atoms with Gasteiger partial charge in [0.1, 0.15) is 11.6 Å². The van der Waals surface area contributed by atoms with Crippen molar-refractivity contribution in [3.8, 4) is 16.9 Å². The van der Waals surface area contributed by atoms with Crippen LogP contribution in [0.4, 0.5) is 4.39 Å². The number of aryl methyl sites for hydroxylation is 1. The molecule has 0 radical (unpaired) electrons. The first-order chi connectivity index (χ1) is 16.5. The summed E-state index contributed by atoms with van der Waals surface area (Å²) in [7, 11) is 0. The molecular weight excluding hydrogens is 469 g/mol. The average molecular weight is 494 g/mol. The summed E-state index contributed by atoms with van der Waals surface area (Å²) in [6.45, 7) is 7.83. The fourth-order valence-electron chi connectivity index (χ4n) is 4.87. The van der Waals surface area contributed by atoms with Crippen molar-refractivity contribution in [1.82, 2.24) is 4.98 Å². The van der Waals surface area contributed by atoms with E-state index in [1.807, 2.05) is 31.2 Å². The van der Waals surface area contributed by atoms with Gasteiger partial charge in [-0.2, -0.15) is 0 Å². The fraction of sp³-hybridized carbons (Fsp3) is 0.286. The number of pyridine rings is 1. The van der Waals surface area contributed by atoms with Gasteiger partial charge in [0.15, 0.2) is 6.10 Å². The minimum absolute atomic E-state index is 0.000234. The zero-order chi connectivity index (χ0) is 25.1. The Labute approximate surface area is 207 Å². The van der Waals surface area contributed by atoms with Crippen LogP contribution >= 0.6 is 11.6 Å². The summed E-state index contributed by atoms with van der Waals surface area (Å²) in [5, 5.41) is 12.4. The summed E-state index contributed by atoms with van der Waals surface area (Å²) in [5.41, 5.74) is 3.44. The van der Waals surface area contributed by atoms with Gasteiger partial charge in [0.2, 0.25) is 0 Å². The number of hydrogen-bond acceptors (Lipinski definition) is 4. The van der Waals surface area contributed by atoms with E-state index in [0.29, 0.717) is 45.1 Å². The summed E-state index contributed by atoms with van der Waals surface area (Å²) in [5.74, 6) is -0.985. The molecule has 1 unspecified atom stereocenters.